The second kappa shape index (κ2) is 7.36. The fourth-order valence-corrected chi connectivity index (χ4v) is 3.01. The van der Waals surface area contributed by atoms with Gasteiger partial charge in [0.1, 0.15) is 11.8 Å². The number of hydrogen-bond donors (Lipinski definition) is 1. The Hall–Kier alpha value is -1.86. The Balaban J connectivity index is 1.57. The monoisotopic (exact) mass is 339 g/mol. The molecule has 1 fully saturated rings. The third-order valence-corrected chi connectivity index (χ3v) is 4.26. The number of pyridine rings is 1. The summed E-state index contributed by atoms with van der Waals surface area (Å²) in [6.07, 6.45) is -0.00789. The summed E-state index contributed by atoms with van der Waals surface area (Å²) in [5, 5.41) is 2.75. The van der Waals surface area contributed by atoms with E-state index in [0.717, 1.165) is 18.8 Å². The van der Waals surface area contributed by atoms with Crippen molar-refractivity contribution in [3.05, 3.63) is 54.2 Å². The number of likely N-dealkylation sites (tertiary alicyclic amines) is 1. The number of aromatic nitrogens is 1. The van der Waals surface area contributed by atoms with E-state index in [1.165, 1.54) is 12.3 Å². The van der Waals surface area contributed by atoms with Crippen molar-refractivity contribution in [1.29, 1.82) is 0 Å². The summed E-state index contributed by atoms with van der Waals surface area (Å²) >= 11 is 0. The molecule has 0 bridgehead atoms. The largest absolute Gasteiger partial charge is 0.468 e. The smallest absolute Gasteiger partial charge is 0.409 e. The highest BCUT2D eigenvalue weighted by molar-refractivity contribution is 5.11. The summed E-state index contributed by atoms with van der Waals surface area (Å²) in [5.41, 5.74) is 0.0167. The maximum absolute atomic E-state index is 13.4. The topological polar surface area (TPSA) is 41.3 Å². The van der Waals surface area contributed by atoms with E-state index in [1.807, 2.05) is 12.1 Å². The zero-order valence-electron chi connectivity index (χ0n) is 13.2. The molecular formula is C17H20F3N3O. The first kappa shape index (κ1) is 17.0. The van der Waals surface area contributed by atoms with Crippen molar-refractivity contribution < 1.29 is 17.6 Å². The number of rotatable bonds is 5. The van der Waals surface area contributed by atoms with E-state index >= 15 is 0 Å². The van der Waals surface area contributed by atoms with E-state index in [2.05, 4.69) is 15.2 Å². The van der Waals surface area contributed by atoms with E-state index in [4.69, 9.17) is 4.42 Å². The standard InChI is InChI=1S/C17H20F3N3O/c18-17(19,20)16(15-5-1-2-8-21-15)22-13-6-9-23(10-7-13)12-14-4-3-11-24-14/h1-5,8,11,13,16,22H,6-7,9-10,12H2. The van der Waals surface area contributed by atoms with Crippen molar-refractivity contribution in [2.75, 3.05) is 13.1 Å². The van der Waals surface area contributed by atoms with Crippen LogP contribution in [0.15, 0.2) is 47.2 Å². The molecule has 0 saturated carbocycles. The van der Waals surface area contributed by atoms with Gasteiger partial charge in [-0.15, -0.1) is 0 Å². The molecule has 0 aromatic carbocycles. The third-order valence-electron chi connectivity index (χ3n) is 4.26. The number of nitrogens with one attached hydrogen (secondary N) is 1. The Kier molecular flexibility index (Phi) is 5.20. The van der Waals surface area contributed by atoms with Gasteiger partial charge in [-0.25, -0.2) is 0 Å². The van der Waals surface area contributed by atoms with Gasteiger partial charge in [0.2, 0.25) is 0 Å². The molecule has 24 heavy (non-hydrogen) atoms. The van der Waals surface area contributed by atoms with Gasteiger partial charge in [0.15, 0.2) is 0 Å². The lowest BCUT2D eigenvalue weighted by molar-refractivity contribution is -0.161. The van der Waals surface area contributed by atoms with Crippen molar-refractivity contribution in [1.82, 2.24) is 15.2 Å². The third kappa shape index (κ3) is 4.36. The van der Waals surface area contributed by atoms with Crippen LogP contribution in [-0.2, 0) is 6.54 Å². The average Bonchev–Trinajstić information content (AvgIpc) is 3.07. The molecule has 1 aliphatic rings. The minimum atomic E-state index is -4.36. The van der Waals surface area contributed by atoms with Crippen LogP contribution in [0.5, 0.6) is 0 Å². The molecule has 0 spiro atoms. The van der Waals surface area contributed by atoms with Crippen LogP contribution in [0.3, 0.4) is 0 Å². The normalized spacial score (nSPS) is 18.6. The maximum Gasteiger partial charge on any atom is 0.409 e. The van der Waals surface area contributed by atoms with Crippen LogP contribution in [0, 0.1) is 0 Å². The van der Waals surface area contributed by atoms with Gasteiger partial charge in [-0.2, -0.15) is 13.2 Å². The molecule has 1 atom stereocenters. The highest BCUT2D eigenvalue weighted by atomic mass is 19.4. The summed E-state index contributed by atoms with van der Waals surface area (Å²) in [5.74, 6) is 0.878. The summed E-state index contributed by atoms with van der Waals surface area (Å²) in [7, 11) is 0. The Labute approximate surface area is 138 Å². The lowest BCUT2D eigenvalue weighted by atomic mass is 10.0. The zero-order valence-corrected chi connectivity index (χ0v) is 13.2. The second-order valence-corrected chi connectivity index (χ2v) is 6.03. The number of hydrogen-bond acceptors (Lipinski definition) is 4. The Morgan fingerprint density at radius 2 is 2.00 bits per heavy atom. The summed E-state index contributed by atoms with van der Waals surface area (Å²) in [6.45, 7) is 2.18. The molecule has 3 rings (SSSR count). The van der Waals surface area contributed by atoms with Crippen molar-refractivity contribution in [2.45, 2.75) is 37.6 Å². The van der Waals surface area contributed by atoms with Gasteiger partial charge in [-0.3, -0.25) is 15.2 Å². The van der Waals surface area contributed by atoms with Gasteiger partial charge >= 0.3 is 6.18 Å². The molecule has 2 aromatic heterocycles. The number of halogens is 3. The molecule has 3 heterocycles. The number of alkyl halides is 3. The molecular weight excluding hydrogens is 319 g/mol. The minimum Gasteiger partial charge on any atom is -0.468 e. The molecule has 7 heteroatoms. The van der Waals surface area contributed by atoms with Gasteiger partial charge in [0.05, 0.1) is 18.5 Å². The first-order valence-electron chi connectivity index (χ1n) is 8.01. The SMILES string of the molecule is FC(F)(F)C(NC1CCN(Cc2ccco2)CC1)c1ccccn1. The van der Waals surface area contributed by atoms with E-state index in [-0.39, 0.29) is 11.7 Å². The minimum absolute atomic E-state index is 0.0167. The predicted octanol–water partition coefficient (Wildman–Crippen LogP) is 3.53. The van der Waals surface area contributed by atoms with Crippen LogP contribution in [0.25, 0.3) is 0 Å². The Morgan fingerprint density at radius 3 is 2.58 bits per heavy atom. The van der Waals surface area contributed by atoms with E-state index in [0.29, 0.717) is 19.4 Å². The van der Waals surface area contributed by atoms with Crippen LogP contribution in [0.1, 0.15) is 30.3 Å². The van der Waals surface area contributed by atoms with Crippen LogP contribution in [0.2, 0.25) is 0 Å². The first-order chi connectivity index (χ1) is 11.5. The predicted molar refractivity (Wildman–Crippen MR) is 83.2 cm³/mol. The average molecular weight is 339 g/mol. The van der Waals surface area contributed by atoms with Gasteiger partial charge in [0, 0.05) is 25.3 Å². The highest BCUT2D eigenvalue weighted by Gasteiger charge is 2.43. The zero-order chi connectivity index (χ0) is 17.0. The number of furan rings is 1. The van der Waals surface area contributed by atoms with Gasteiger partial charge in [0.25, 0.3) is 0 Å². The van der Waals surface area contributed by atoms with E-state index < -0.39 is 12.2 Å². The van der Waals surface area contributed by atoms with E-state index in [1.54, 1.807) is 18.4 Å². The number of nitrogens with zero attached hydrogens (tertiary/aromatic N) is 2. The second-order valence-electron chi connectivity index (χ2n) is 6.03. The Bertz CT molecular complexity index is 608. The summed E-state index contributed by atoms with van der Waals surface area (Å²) in [6, 6.07) is 6.46. The molecule has 0 amide bonds. The maximum atomic E-state index is 13.4. The lowest BCUT2D eigenvalue weighted by Gasteiger charge is -2.34. The highest BCUT2D eigenvalue weighted by Crippen LogP contribution is 2.32. The first-order valence-corrected chi connectivity index (χ1v) is 8.01. The van der Waals surface area contributed by atoms with Gasteiger partial charge in [-0.05, 0) is 37.1 Å². The van der Waals surface area contributed by atoms with Gasteiger partial charge in [-0.1, -0.05) is 6.07 Å². The molecule has 0 radical (unpaired) electrons. The fraction of sp³-hybridized carbons (Fsp3) is 0.471. The molecule has 1 N–H and O–H groups in total. The quantitative estimate of drug-likeness (QED) is 0.905. The molecule has 4 nitrogen and oxygen atoms in total. The van der Waals surface area contributed by atoms with Crippen molar-refractivity contribution in [3.8, 4) is 0 Å². The molecule has 1 unspecified atom stereocenters. The number of piperidine rings is 1. The van der Waals surface area contributed by atoms with Crippen molar-refractivity contribution in [3.63, 3.8) is 0 Å². The van der Waals surface area contributed by atoms with Crippen LogP contribution in [-0.4, -0.2) is 35.2 Å². The van der Waals surface area contributed by atoms with Crippen LogP contribution in [0.4, 0.5) is 13.2 Å². The van der Waals surface area contributed by atoms with Crippen molar-refractivity contribution in [2.24, 2.45) is 0 Å². The molecule has 130 valence electrons. The van der Waals surface area contributed by atoms with Crippen LogP contribution >= 0.6 is 0 Å². The lowest BCUT2D eigenvalue weighted by Crippen LogP contribution is -2.46. The molecule has 1 aliphatic heterocycles. The van der Waals surface area contributed by atoms with Crippen LogP contribution < -0.4 is 5.32 Å². The molecule has 1 saturated heterocycles. The summed E-state index contributed by atoms with van der Waals surface area (Å²) in [4.78, 5) is 6.07. The fourth-order valence-electron chi connectivity index (χ4n) is 3.01. The van der Waals surface area contributed by atoms with E-state index in [9.17, 15) is 13.2 Å². The molecule has 2 aromatic rings. The molecule has 0 aliphatic carbocycles. The Morgan fingerprint density at radius 1 is 1.21 bits per heavy atom. The van der Waals surface area contributed by atoms with Crippen molar-refractivity contribution >= 4 is 0 Å². The summed E-state index contributed by atoms with van der Waals surface area (Å²) < 4.78 is 45.4. The van der Waals surface area contributed by atoms with Gasteiger partial charge < -0.3 is 4.42 Å².